The number of hydrogen-bond donors (Lipinski definition) is 3. The molecule has 58 heavy (non-hydrogen) atoms. The van der Waals surface area contributed by atoms with Crippen LogP contribution < -0.4 is 5.32 Å². The predicted molar refractivity (Wildman–Crippen MR) is 249 cm³/mol. The van der Waals surface area contributed by atoms with Crippen molar-refractivity contribution in [1.82, 2.24) is 5.32 Å². The highest BCUT2D eigenvalue weighted by atomic mass is 31.2. The minimum atomic E-state index is -4.35. The van der Waals surface area contributed by atoms with E-state index >= 15 is 0 Å². The zero-order valence-corrected chi connectivity index (χ0v) is 39.4. The van der Waals surface area contributed by atoms with Crippen molar-refractivity contribution in [3.05, 3.63) is 48.6 Å². The minimum Gasteiger partial charge on any atom is -0.387 e. The van der Waals surface area contributed by atoms with E-state index in [4.69, 9.17) is 9.05 Å². The number of aliphatic hydroxyl groups excluding tert-OH is 1. The number of phosphoric ester groups is 1. The Balaban J connectivity index is 4.46. The molecule has 0 bridgehead atoms. The Morgan fingerprint density at radius 2 is 0.948 bits per heavy atom. The Morgan fingerprint density at radius 1 is 0.569 bits per heavy atom. The van der Waals surface area contributed by atoms with E-state index in [-0.39, 0.29) is 19.1 Å². The molecule has 3 atom stereocenters. The molecule has 0 aliphatic carbocycles. The van der Waals surface area contributed by atoms with Gasteiger partial charge in [-0.15, -0.1) is 0 Å². The smallest absolute Gasteiger partial charge is 0.387 e. The Morgan fingerprint density at radius 3 is 1.38 bits per heavy atom. The third-order valence-electron chi connectivity index (χ3n) is 10.5. The molecule has 0 aliphatic rings. The van der Waals surface area contributed by atoms with Crippen LogP contribution in [0.4, 0.5) is 0 Å². The Labute approximate surface area is 359 Å². The summed E-state index contributed by atoms with van der Waals surface area (Å²) in [7, 11) is 1.54. The SMILES string of the molecule is CCCCCCCC/C=C\CCCCCCCCCC(=O)NC(COP(=O)(O)OCC[N+](C)(C)C)C(O)/C=C/CC/C=C/CC/C=C/CCCCCCCCCCC. The molecule has 340 valence electrons. The van der Waals surface area contributed by atoms with E-state index in [0.29, 0.717) is 17.4 Å². The molecule has 0 heterocycles. The van der Waals surface area contributed by atoms with Crippen LogP contribution >= 0.6 is 7.82 Å². The summed E-state index contributed by atoms with van der Waals surface area (Å²) in [5, 5.41) is 13.8. The number of unbranched alkanes of at least 4 members (excludes halogenated alkanes) is 24. The molecule has 0 saturated heterocycles. The average Bonchev–Trinajstić information content (AvgIpc) is 3.17. The molecule has 3 unspecified atom stereocenters. The highest BCUT2D eigenvalue weighted by molar-refractivity contribution is 7.47. The molecule has 0 radical (unpaired) electrons. The first-order valence-corrected chi connectivity index (χ1v) is 25.5. The van der Waals surface area contributed by atoms with Crippen LogP contribution in [0.1, 0.15) is 206 Å². The summed E-state index contributed by atoms with van der Waals surface area (Å²) in [4.78, 5) is 23.2. The summed E-state index contributed by atoms with van der Waals surface area (Å²) in [6, 6.07) is -0.871. The molecular formula is C49H94N2O6P+. The summed E-state index contributed by atoms with van der Waals surface area (Å²) in [6.07, 6.45) is 51.8. The lowest BCUT2D eigenvalue weighted by atomic mass is 10.1. The van der Waals surface area contributed by atoms with Gasteiger partial charge in [0.2, 0.25) is 5.91 Å². The van der Waals surface area contributed by atoms with E-state index in [2.05, 4.69) is 55.6 Å². The number of nitrogens with zero attached hydrogens (tertiary/aromatic N) is 1. The maximum atomic E-state index is 12.9. The Hall–Kier alpha value is -1.54. The number of quaternary nitrogens is 1. The number of carbonyl (C=O) groups excluding carboxylic acids is 1. The summed E-state index contributed by atoms with van der Waals surface area (Å²) in [6.45, 7) is 4.77. The predicted octanol–water partition coefficient (Wildman–Crippen LogP) is 13.6. The molecule has 9 heteroatoms. The number of likely N-dealkylation sites (N-methyl/N-ethyl adjacent to an activating group) is 1. The number of nitrogens with one attached hydrogen (secondary N) is 1. The lowest BCUT2D eigenvalue weighted by molar-refractivity contribution is -0.870. The van der Waals surface area contributed by atoms with Crippen molar-refractivity contribution in [3.8, 4) is 0 Å². The van der Waals surface area contributed by atoms with Crippen LogP contribution in [-0.2, 0) is 18.4 Å². The van der Waals surface area contributed by atoms with Crippen molar-refractivity contribution in [2.75, 3.05) is 40.9 Å². The van der Waals surface area contributed by atoms with E-state index < -0.39 is 20.0 Å². The van der Waals surface area contributed by atoms with Crippen LogP contribution in [0.15, 0.2) is 48.6 Å². The van der Waals surface area contributed by atoms with Gasteiger partial charge in [-0.3, -0.25) is 13.8 Å². The molecule has 1 amide bonds. The summed E-state index contributed by atoms with van der Waals surface area (Å²) >= 11 is 0. The van der Waals surface area contributed by atoms with Gasteiger partial charge in [-0.2, -0.15) is 0 Å². The molecule has 0 aliphatic heterocycles. The lowest BCUT2D eigenvalue weighted by Gasteiger charge is -2.25. The van der Waals surface area contributed by atoms with Crippen molar-refractivity contribution >= 4 is 13.7 Å². The Kier molecular flexibility index (Phi) is 39.8. The second-order valence-electron chi connectivity index (χ2n) is 17.5. The molecule has 0 fully saturated rings. The molecule has 0 rings (SSSR count). The molecule has 0 aromatic heterocycles. The van der Waals surface area contributed by atoms with E-state index in [1.54, 1.807) is 6.08 Å². The van der Waals surface area contributed by atoms with Gasteiger partial charge in [0.15, 0.2) is 0 Å². The number of phosphoric acid groups is 1. The maximum absolute atomic E-state index is 12.9. The average molecular weight is 838 g/mol. The van der Waals surface area contributed by atoms with Crippen LogP contribution in [0.3, 0.4) is 0 Å². The van der Waals surface area contributed by atoms with E-state index in [9.17, 15) is 19.4 Å². The number of hydrogen-bond acceptors (Lipinski definition) is 5. The number of carbonyl (C=O) groups is 1. The van der Waals surface area contributed by atoms with Gasteiger partial charge >= 0.3 is 7.82 Å². The van der Waals surface area contributed by atoms with Gasteiger partial charge in [0.05, 0.1) is 39.9 Å². The third-order valence-corrected chi connectivity index (χ3v) is 11.5. The first kappa shape index (κ1) is 56.5. The van der Waals surface area contributed by atoms with Crippen LogP contribution in [0, 0.1) is 0 Å². The fourth-order valence-corrected chi connectivity index (χ4v) is 7.39. The monoisotopic (exact) mass is 838 g/mol. The van der Waals surface area contributed by atoms with Gasteiger partial charge in [0, 0.05) is 6.42 Å². The zero-order chi connectivity index (χ0) is 42.8. The van der Waals surface area contributed by atoms with Crippen LogP contribution in [-0.4, -0.2) is 73.4 Å². The van der Waals surface area contributed by atoms with Gasteiger partial charge in [0.1, 0.15) is 13.2 Å². The summed E-state index contributed by atoms with van der Waals surface area (Å²) in [5.74, 6) is -0.197. The first-order chi connectivity index (χ1) is 28.0. The maximum Gasteiger partial charge on any atom is 0.472 e. The molecule has 0 aromatic rings. The van der Waals surface area contributed by atoms with Gasteiger partial charge < -0.3 is 19.8 Å². The molecule has 0 saturated carbocycles. The number of allylic oxidation sites excluding steroid dienone is 7. The normalized spacial score (nSPS) is 14.7. The fourth-order valence-electron chi connectivity index (χ4n) is 6.66. The van der Waals surface area contributed by atoms with Crippen LogP contribution in [0.25, 0.3) is 0 Å². The highest BCUT2D eigenvalue weighted by Crippen LogP contribution is 2.43. The topological polar surface area (TPSA) is 105 Å². The van der Waals surface area contributed by atoms with Gasteiger partial charge in [0.25, 0.3) is 0 Å². The first-order valence-electron chi connectivity index (χ1n) is 24.0. The zero-order valence-electron chi connectivity index (χ0n) is 38.5. The standard InChI is InChI=1S/C49H93N2O6P/c1-6-8-10-12-14-16-18-20-22-24-25-27-28-30-32-34-36-38-40-42-48(52)47(46-57-58(54,55)56-45-44-51(3,4)5)50-49(53)43-41-39-37-35-33-31-29-26-23-21-19-17-15-13-11-9-7-2/h21,23,25,27,32,34,40,42,47-48,52H,6-20,22,24,26,28-31,33,35-39,41,43-46H2,1-5H3,(H-,50,53,54,55)/p+1/b23-21-,27-25+,34-32+,42-40+. The number of aliphatic hydroxyl groups is 1. The second kappa shape index (κ2) is 40.8. The second-order valence-corrected chi connectivity index (χ2v) is 18.9. The summed E-state index contributed by atoms with van der Waals surface area (Å²) < 4.78 is 23.6. The Bertz CT molecular complexity index is 1090. The highest BCUT2D eigenvalue weighted by Gasteiger charge is 2.27. The fraction of sp³-hybridized carbons (Fsp3) is 0.816. The van der Waals surface area contributed by atoms with Crippen LogP contribution in [0.5, 0.6) is 0 Å². The summed E-state index contributed by atoms with van der Waals surface area (Å²) in [5.41, 5.74) is 0. The van der Waals surface area contributed by atoms with Gasteiger partial charge in [-0.25, -0.2) is 4.57 Å². The van der Waals surface area contributed by atoms with Crippen molar-refractivity contribution < 1.29 is 32.9 Å². The molecule has 0 aromatic carbocycles. The van der Waals surface area contributed by atoms with E-state index in [1.807, 2.05) is 27.2 Å². The van der Waals surface area contributed by atoms with Gasteiger partial charge in [-0.05, 0) is 70.6 Å². The molecular weight excluding hydrogens is 744 g/mol. The molecule has 8 nitrogen and oxygen atoms in total. The van der Waals surface area contributed by atoms with E-state index in [0.717, 1.165) is 44.9 Å². The van der Waals surface area contributed by atoms with Crippen LogP contribution in [0.2, 0.25) is 0 Å². The minimum absolute atomic E-state index is 0.0519. The van der Waals surface area contributed by atoms with Gasteiger partial charge in [-0.1, -0.05) is 178 Å². The lowest BCUT2D eigenvalue weighted by Crippen LogP contribution is -2.45. The third kappa shape index (κ3) is 42.6. The van der Waals surface area contributed by atoms with Crippen molar-refractivity contribution in [3.63, 3.8) is 0 Å². The molecule has 3 N–H and O–H groups in total. The van der Waals surface area contributed by atoms with Crippen molar-refractivity contribution in [2.45, 2.75) is 219 Å². The van der Waals surface area contributed by atoms with Crippen molar-refractivity contribution in [1.29, 1.82) is 0 Å². The largest absolute Gasteiger partial charge is 0.472 e. The van der Waals surface area contributed by atoms with Crippen molar-refractivity contribution in [2.24, 2.45) is 0 Å². The quantitative estimate of drug-likeness (QED) is 0.0244. The number of amides is 1. The van der Waals surface area contributed by atoms with E-state index in [1.165, 1.54) is 141 Å². The number of rotatable bonds is 43. The molecule has 0 spiro atoms.